The van der Waals surface area contributed by atoms with Crippen LogP contribution in [0.5, 0.6) is 0 Å². The molecule has 0 aliphatic heterocycles. The van der Waals surface area contributed by atoms with Crippen LogP contribution in [0.4, 0.5) is 0 Å². The number of fused-ring (bicyclic) bond motifs is 15. The molecule has 0 saturated carbocycles. The molecule has 0 aliphatic carbocycles. The number of para-hydroxylation sites is 3. The zero-order valence-corrected chi connectivity index (χ0v) is 30.8. The van der Waals surface area contributed by atoms with Crippen molar-refractivity contribution in [3.8, 4) is 0 Å². The van der Waals surface area contributed by atoms with Crippen molar-refractivity contribution in [3.63, 3.8) is 0 Å². The van der Waals surface area contributed by atoms with Crippen molar-refractivity contribution in [1.82, 2.24) is 4.40 Å². The Morgan fingerprint density at radius 2 is 0.774 bits per heavy atom. The molecule has 0 unspecified atom stereocenters. The highest BCUT2D eigenvalue weighted by Crippen LogP contribution is 2.40. The topological polar surface area (TPSA) is 4.41 Å². The van der Waals surface area contributed by atoms with Gasteiger partial charge in [0.2, 0.25) is 0 Å². The number of thiophene rings is 1. The van der Waals surface area contributed by atoms with E-state index < -0.39 is 0 Å². The summed E-state index contributed by atoms with van der Waals surface area (Å²) in [6, 6.07) is 61.3. The van der Waals surface area contributed by atoms with E-state index in [1.165, 1.54) is 107 Å². The molecular formula is C51H37NS. The molecular weight excluding hydrogens is 659 g/mol. The van der Waals surface area contributed by atoms with E-state index in [0.717, 1.165) is 0 Å². The minimum Gasteiger partial charge on any atom is -0.308 e. The Labute approximate surface area is 312 Å². The van der Waals surface area contributed by atoms with Crippen molar-refractivity contribution < 1.29 is 0 Å². The van der Waals surface area contributed by atoms with Crippen LogP contribution in [0.1, 0.15) is 16.7 Å². The van der Waals surface area contributed by atoms with Crippen LogP contribution in [0.15, 0.2) is 170 Å². The molecule has 0 N–H and O–H groups in total. The third kappa shape index (κ3) is 5.05. The van der Waals surface area contributed by atoms with Gasteiger partial charge < -0.3 is 4.40 Å². The van der Waals surface area contributed by atoms with Crippen molar-refractivity contribution in [3.05, 3.63) is 187 Å². The van der Waals surface area contributed by atoms with Crippen molar-refractivity contribution in [2.24, 2.45) is 0 Å². The predicted molar refractivity (Wildman–Crippen MR) is 234 cm³/mol. The van der Waals surface area contributed by atoms with Crippen LogP contribution in [0, 0.1) is 20.8 Å². The number of aryl methyl sites for hydroxylation is 3. The summed E-state index contributed by atoms with van der Waals surface area (Å²) in [6.07, 6.45) is 0. The molecule has 12 aromatic rings. The van der Waals surface area contributed by atoms with Gasteiger partial charge in [-0.25, -0.2) is 0 Å². The van der Waals surface area contributed by atoms with Gasteiger partial charge in [0.15, 0.2) is 0 Å². The zero-order valence-electron chi connectivity index (χ0n) is 30.0. The van der Waals surface area contributed by atoms with Crippen molar-refractivity contribution >= 4 is 102 Å². The van der Waals surface area contributed by atoms with E-state index in [0.29, 0.717) is 0 Å². The zero-order chi connectivity index (χ0) is 35.6. The lowest BCUT2D eigenvalue weighted by atomic mass is 9.93. The molecule has 9 aromatic carbocycles. The Morgan fingerprint density at radius 3 is 1.47 bits per heavy atom. The molecule has 2 heteroatoms. The second-order valence-corrected chi connectivity index (χ2v) is 15.3. The van der Waals surface area contributed by atoms with Gasteiger partial charge in [0.1, 0.15) is 0 Å². The summed E-state index contributed by atoms with van der Waals surface area (Å²) in [7, 11) is 0. The number of aromatic nitrogens is 1. The second kappa shape index (κ2) is 12.5. The Bertz CT molecular complexity index is 3290. The molecule has 12 rings (SSSR count). The molecule has 0 aliphatic rings. The molecule has 0 fully saturated rings. The van der Waals surface area contributed by atoms with Crippen molar-refractivity contribution in [2.75, 3.05) is 0 Å². The van der Waals surface area contributed by atoms with Gasteiger partial charge in [0.25, 0.3) is 0 Å². The van der Waals surface area contributed by atoms with E-state index >= 15 is 0 Å². The number of hydrogen-bond acceptors (Lipinski definition) is 1. The molecule has 3 aromatic heterocycles. The normalized spacial score (nSPS) is 11.7. The number of nitrogens with zero attached hydrogens (tertiary/aromatic N) is 1. The number of hydrogen-bond donors (Lipinski definition) is 0. The van der Waals surface area contributed by atoms with Crippen LogP contribution in [0.3, 0.4) is 0 Å². The lowest BCUT2D eigenvalue weighted by Gasteiger charge is -2.10. The summed E-state index contributed by atoms with van der Waals surface area (Å²) in [5.41, 5.74) is 8.00. The Kier molecular flexibility index (Phi) is 7.42. The van der Waals surface area contributed by atoms with Crippen LogP contribution in [-0.4, -0.2) is 4.40 Å². The van der Waals surface area contributed by atoms with Crippen LogP contribution in [0.2, 0.25) is 0 Å². The summed E-state index contributed by atoms with van der Waals surface area (Å²) in [5, 5.41) is 16.3. The predicted octanol–water partition coefficient (Wildman–Crippen LogP) is 15.0. The van der Waals surface area contributed by atoms with E-state index in [4.69, 9.17) is 0 Å². The van der Waals surface area contributed by atoms with Gasteiger partial charge in [-0.3, -0.25) is 0 Å². The van der Waals surface area contributed by atoms with Gasteiger partial charge in [-0.1, -0.05) is 157 Å². The average Bonchev–Trinajstić information content (AvgIpc) is 3.86. The molecule has 0 bridgehead atoms. The lowest BCUT2D eigenvalue weighted by Crippen LogP contribution is -1.83. The first-order valence-corrected chi connectivity index (χ1v) is 19.2. The Balaban J connectivity index is 0.000000101. The summed E-state index contributed by atoms with van der Waals surface area (Å²) >= 11 is 1.87. The van der Waals surface area contributed by atoms with Crippen molar-refractivity contribution in [2.45, 2.75) is 20.8 Å². The first kappa shape index (κ1) is 31.5. The van der Waals surface area contributed by atoms with Crippen LogP contribution in [0.25, 0.3) is 90.6 Å². The summed E-state index contributed by atoms with van der Waals surface area (Å²) < 4.78 is 5.20. The number of rotatable bonds is 0. The SMILES string of the molecule is Cc1ccc2c3ccccc3c3ccccc3c2c1.Cc1ccc2sc3ccccc3c2c1.Cc1cccc2c3cccc4c5ccccc5n(c12)c43. The van der Waals surface area contributed by atoms with E-state index in [-0.39, 0.29) is 0 Å². The maximum Gasteiger partial charge on any atom is 0.0620 e. The fourth-order valence-electron chi connectivity index (χ4n) is 8.50. The minimum absolute atomic E-state index is 1.31. The van der Waals surface area contributed by atoms with E-state index in [1.54, 1.807) is 0 Å². The van der Waals surface area contributed by atoms with Crippen LogP contribution >= 0.6 is 11.3 Å². The van der Waals surface area contributed by atoms with E-state index in [9.17, 15) is 0 Å². The highest BCUT2D eigenvalue weighted by Gasteiger charge is 2.17. The Morgan fingerprint density at radius 1 is 0.321 bits per heavy atom. The van der Waals surface area contributed by atoms with Gasteiger partial charge in [0, 0.05) is 41.7 Å². The van der Waals surface area contributed by atoms with E-state index in [1.807, 2.05) is 11.3 Å². The molecule has 0 radical (unpaired) electrons. The van der Waals surface area contributed by atoms with Gasteiger partial charge in [-0.15, -0.1) is 11.3 Å². The summed E-state index contributed by atoms with van der Waals surface area (Å²) in [5.74, 6) is 0. The maximum atomic E-state index is 2.44. The van der Waals surface area contributed by atoms with Crippen molar-refractivity contribution in [1.29, 1.82) is 0 Å². The molecule has 0 saturated heterocycles. The molecule has 0 spiro atoms. The largest absolute Gasteiger partial charge is 0.308 e. The van der Waals surface area contributed by atoms with Gasteiger partial charge in [-0.05, 0) is 82.9 Å². The first-order chi connectivity index (χ1) is 26.0. The molecule has 0 atom stereocenters. The minimum atomic E-state index is 1.31. The molecule has 1 nitrogen and oxygen atoms in total. The third-order valence-corrected chi connectivity index (χ3v) is 12.0. The second-order valence-electron chi connectivity index (χ2n) is 14.3. The highest BCUT2D eigenvalue weighted by atomic mass is 32.1. The van der Waals surface area contributed by atoms with Gasteiger partial charge >= 0.3 is 0 Å². The standard InChI is InChI=1S/C19H13N.C19H14.C13H10S/c1-12-6-4-8-15-16-10-5-9-14-13-7-2-3-11-17(13)20(18(12)15)19(14)16;1-13-10-11-18-16-8-3-2-6-14(16)15-7-4-5-9-17(15)19(18)12-13;1-9-6-7-13-11(8-9)10-4-2-3-5-12(10)14-13/h2-11H,1H3;2-12H,1H3;2-8H,1H3. The highest BCUT2D eigenvalue weighted by molar-refractivity contribution is 7.25. The summed E-state index contributed by atoms with van der Waals surface area (Å²) in [6.45, 7) is 6.50. The lowest BCUT2D eigenvalue weighted by molar-refractivity contribution is 1.34. The molecule has 53 heavy (non-hydrogen) atoms. The fraction of sp³-hybridized carbons (Fsp3) is 0.0588. The fourth-order valence-corrected chi connectivity index (χ4v) is 9.59. The Hall–Kier alpha value is -6.22. The molecule has 252 valence electrons. The first-order valence-electron chi connectivity index (χ1n) is 18.4. The quantitative estimate of drug-likeness (QED) is 0.139. The summed E-state index contributed by atoms with van der Waals surface area (Å²) in [4.78, 5) is 0. The monoisotopic (exact) mass is 695 g/mol. The van der Waals surface area contributed by atoms with Gasteiger partial charge in [0.05, 0.1) is 16.6 Å². The third-order valence-electron chi connectivity index (χ3n) is 10.9. The molecule has 3 heterocycles. The maximum absolute atomic E-state index is 2.44. The molecule has 0 amide bonds. The smallest absolute Gasteiger partial charge is 0.0620 e. The van der Waals surface area contributed by atoms with Crippen LogP contribution in [-0.2, 0) is 0 Å². The van der Waals surface area contributed by atoms with E-state index in [2.05, 4.69) is 195 Å². The average molecular weight is 696 g/mol. The van der Waals surface area contributed by atoms with Gasteiger partial charge in [-0.2, -0.15) is 0 Å². The van der Waals surface area contributed by atoms with Crippen LogP contribution < -0.4 is 0 Å². The number of benzene rings is 9.